The smallest absolute Gasteiger partial charge is 0.262 e. The fourth-order valence-corrected chi connectivity index (χ4v) is 13.5. The Labute approximate surface area is 395 Å². The number of nitrogens with one attached hydrogen (secondary N) is 4. The van der Waals surface area contributed by atoms with E-state index in [-0.39, 0.29) is 42.6 Å². The van der Waals surface area contributed by atoms with Crippen molar-refractivity contribution in [2.45, 2.75) is 121 Å². The van der Waals surface area contributed by atoms with Crippen molar-refractivity contribution in [3.8, 4) is 5.75 Å². The highest BCUT2D eigenvalue weighted by Gasteiger charge is 2.51. The molecule has 6 rings (SSSR count). The summed E-state index contributed by atoms with van der Waals surface area (Å²) in [6, 6.07) is 33.4. The number of para-hydroxylation sites is 1. The molecule has 0 aliphatic carbocycles. The van der Waals surface area contributed by atoms with Gasteiger partial charge in [-0.25, -0.2) is 0 Å². The number of nitrogens with zero attached hydrogens (tertiary/aromatic N) is 1. The van der Waals surface area contributed by atoms with Gasteiger partial charge in [0.2, 0.25) is 23.6 Å². The lowest BCUT2D eigenvalue weighted by Gasteiger charge is -2.44. The van der Waals surface area contributed by atoms with Crippen LogP contribution in [-0.2, 0) is 39.6 Å². The lowest BCUT2D eigenvalue weighted by molar-refractivity contribution is -0.144. The third-order valence-electron chi connectivity index (χ3n) is 12.8. The normalized spacial score (nSPS) is 21.0. The summed E-state index contributed by atoms with van der Waals surface area (Å²) in [5.41, 5.74) is -0.0369. The van der Waals surface area contributed by atoms with Gasteiger partial charge in [-0.15, -0.1) is 0 Å². The molecule has 13 nitrogen and oxygen atoms in total. The Kier molecular flexibility index (Phi) is 16.7. The summed E-state index contributed by atoms with van der Waals surface area (Å²) in [5.74, 6) is -1.91. The molecular weight excluding hydrogens is 863 g/mol. The molecule has 4 N–H and O–H groups in total. The fourth-order valence-electron chi connectivity index (χ4n) is 8.84. The zero-order chi connectivity index (χ0) is 48.2. The van der Waals surface area contributed by atoms with Gasteiger partial charge in [0.05, 0.1) is 0 Å². The van der Waals surface area contributed by atoms with Crippen molar-refractivity contribution in [1.29, 1.82) is 0 Å². The number of ketones is 1. The van der Waals surface area contributed by atoms with Crippen LogP contribution in [0.1, 0.15) is 85.6 Å². The zero-order valence-electron chi connectivity index (χ0n) is 39.5. The molecule has 4 aromatic rings. The van der Waals surface area contributed by atoms with E-state index < -0.39 is 61.7 Å². The van der Waals surface area contributed by atoms with Crippen LogP contribution in [0.4, 0.5) is 5.69 Å². The summed E-state index contributed by atoms with van der Waals surface area (Å²) in [4.78, 5) is 84.1. The topological polar surface area (TPSA) is 172 Å². The van der Waals surface area contributed by atoms with Gasteiger partial charge in [-0.3, -0.25) is 28.8 Å². The number of amides is 5. The van der Waals surface area contributed by atoms with Gasteiger partial charge in [0.15, 0.2) is 12.4 Å². The molecule has 5 amide bonds. The van der Waals surface area contributed by atoms with Crippen LogP contribution in [0, 0.1) is 0 Å². The van der Waals surface area contributed by atoms with E-state index in [1.807, 2.05) is 54.6 Å². The molecule has 2 heterocycles. The summed E-state index contributed by atoms with van der Waals surface area (Å²) < 4.78 is 12.7. The van der Waals surface area contributed by atoms with E-state index in [2.05, 4.69) is 66.3 Å². The van der Waals surface area contributed by atoms with Gasteiger partial charge in [0, 0.05) is 18.7 Å². The number of ether oxygens (including phenoxy) is 1. The van der Waals surface area contributed by atoms with Crippen LogP contribution in [0.25, 0.3) is 0 Å². The van der Waals surface area contributed by atoms with Crippen LogP contribution in [-0.4, -0.2) is 91.5 Å². The zero-order valence-corrected chi connectivity index (χ0v) is 40.5. The number of fused-ring (bicyclic) bond motifs is 1. The van der Waals surface area contributed by atoms with Crippen molar-refractivity contribution < 1.29 is 37.9 Å². The molecule has 4 aromatic carbocycles. The molecular formula is C53H65N5O8Si. The highest BCUT2D eigenvalue weighted by Crippen LogP contribution is 2.37. The number of unbranched alkanes of at least 4 members (excludes halogenated alkanes) is 1. The first-order chi connectivity index (χ1) is 32.0. The Hall–Kier alpha value is -6.38. The van der Waals surface area contributed by atoms with E-state index in [9.17, 15) is 28.8 Å². The van der Waals surface area contributed by atoms with Crippen molar-refractivity contribution in [2.75, 3.05) is 18.5 Å². The van der Waals surface area contributed by atoms with Gasteiger partial charge in [0.25, 0.3) is 14.2 Å². The van der Waals surface area contributed by atoms with Crippen molar-refractivity contribution in [1.82, 2.24) is 20.9 Å². The number of anilines is 1. The minimum absolute atomic E-state index is 0.112. The Morgan fingerprint density at radius 3 is 2.06 bits per heavy atom. The van der Waals surface area contributed by atoms with Gasteiger partial charge in [-0.2, -0.15) is 0 Å². The molecule has 0 aromatic heterocycles. The number of allylic oxidation sites excluding steroid dienone is 1. The maximum absolute atomic E-state index is 14.3. The number of hydrogen-bond donors (Lipinski definition) is 4. The molecule has 0 bridgehead atoms. The first kappa shape index (κ1) is 50.0. The van der Waals surface area contributed by atoms with Crippen molar-refractivity contribution in [2.24, 2.45) is 0 Å². The Balaban J connectivity index is 1.10. The summed E-state index contributed by atoms with van der Waals surface area (Å²) in [7, 11) is -2.97. The predicted octanol–water partition coefficient (Wildman–Crippen LogP) is 5.77. The molecule has 2 aliphatic heterocycles. The van der Waals surface area contributed by atoms with Crippen molar-refractivity contribution >= 4 is 59.7 Å². The summed E-state index contributed by atoms with van der Waals surface area (Å²) in [6.07, 6.45) is 4.99. The van der Waals surface area contributed by atoms with E-state index in [4.69, 9.17) is 9.16 Å². The number of carbonyl (C=O) groups is 6. The number of hydrogen-bond acceptors (Lipinski definition) is 8. The SMILES string of the molecule is CC[C@]1(C)NC(=O)[C@H](CCC/C=C/C(=O)[C@H](C)O[Si](c2ccccc2)(c2ccccc2)C(C)(C)C)NC(=O)[C@H]2CCCN2C(=O)[C@H](Cc2ccc(OCC(=O)Nc3ccccc3)cc2)NC1=O. The second-order valence-corrected chi connectivity index (χ2v) is 22.9. The van der Waals surface area contributed by atoms with E-state index >= 15 is 0 Å². The highest BCUT2D eigenvalue weighted by molar-refractivity contribution is 6.99. The molecule has 67 heavy (non-hydrogen) atoms. The first-order valence-corrected chi connectivity index (χ1v) is 25.2. The molecule has 2 saturated heterocycles. The second kappa shape index (κ2) is 22.4. The van der Waals surface area contributed by atoms with Crippen LogP contribution >= 0.6 is 0 Å². The van der Waals surface area contributed by atoms with Crippen molar-refractivity contribution in [3.05, 3.63) is 133 Å². The number of rotatable bonds is 17. The van der Waals surface area contributed by atoms with Crippen LogP contribution in [0.2, 0.25) is 5.04 Å². The second-order valence-electron chi connectivity index (χ2n) is 18.7. The Morgan fingerprint density at radius 1 is 0.851 bits per heavy atom. The van der Waals surface area contributed by atoms with Gasteiger partial charge < -0.3 is 35.3 Å². The standard InChI is InChI=1S/C53H65N5O8Si/c1-7-53(6)51(64)56-44(35-38-30-32-40(33-31-38)65-36-47(60)54-39-21-12-8-13-22-39)50(63)58-34-20-28-45(58)49(62)55-43(48(61)57-53)27-18-11-19-29-46(59)37(2)66-67(52(3,4)5,41-23-14-9-15-24-41)42-25-16-10-17-26-42/h8-10,12-17,19,21-26,29-33,37,43-45H,7,11,18,20,27-28,34-36H2,1-6H3,(H,54,60)(H,55,62)(H,56,64)(H,57,61)/b29-19+/t37-,43-,44-,45+,53-/m0/s1. The first-order valence-electron chi connectivity index (χ1n) is 23.3. The average Bonchev–Trinajstić information content (AvgIpc) is 3.82. The maximum atomic E-state index is 14.3. The molecule has 0 radical (unpaired) electrons. The summed E-state index contributed by atoms with van der Waals surface area (Å²) in [6.45, 7) is 11.8. The fraction of sp³-hybridized carbons (Fsp3) is 0.396. The van der Waals surface area contributed by atoms with Crippen LogP contribution in [0.5, 0.6) is 5.75 Å². The monoisotopic (exact) mass is 927 g/mol. The molecule has 354 valence electrons. The molecule has 0 spiro atoms. The lowest BCUT2D eigenvalue weighted by atomic mass is 9.94. The van der Waals surface area contributed by atoms with Gasteiger partial charge in [-0.1, -0.05) is 125 Å². The number of benzene rings is 4. The largest absolute Gasteiger partial charge is 0.484 e. The highest BCUT2D eigenvalue weighted by atomic mass is 28.4. The lowest BCUT2D eigenvalue weighted by Crippen LogP contribution is -2.68. The van der Waals surface area contributed by atoms with Crippen LogP contribution in [0.3, 0.4) is 0 Å². The summed E-state index contributed by atoms with van der Waals surface area (Å²) in [5, 5.41) is 13.4. The Morgan fingerprint density at radius 2 is 1.46 bits per heavy atom. The predicted molar refractivity (Wildman–Crippen MR) is 262 cm³/mol. The van der Waals surface area contributed by atoms with E-state index in [0.717, 1.165) is 10.4 Å². The number of carbonyl (C=O) groups excluding carboxylic acids is 6. The van der Waals surface area contributed by atoms with E-state index in [1.165, 1.54) is 11.0 Å². The molecule has 5 atom stereocenters. The molecule has 2 aliphatic rings. The van der Waals surface area contributed by atoms with Gasteiger partial charge in [-0.05, 0) is 104 Å². The van der Waals surface area contributed by atoms with Crippen LogP contribution < -0.4 is 36.4 Å². The Bertz CT molecular complexity index is 2340. The van der Waals surface area contributed by atoms with Gasteiger partial charge >= 0.3 is 0 Å². The third-order valence-corrected chi connectivity index (χ3v) is 17.9. The quantitative estimate of drug-likeness (QED) is 0.0588. The molecule has 0 saturated carbocycles. The van der Waals surface area contributed by atoms with Gasteiger partial charge in [0.1, 0.15) is 35.5 Å². The van der Waals surface area contributed by atoms with E-state index in [1.54, 1.807) is 63.2 Å². The minimum atomic E-state index is -2.97. The maximum Gasteiger partial charge on any atom is 0.262 e. The average molecular weight is 928 g/mol. The molecule has 2 fully saturated rings. The third kappa shape index (κ3) is 12.3. The van der Waals surface area contributed by atoms with Crippen molar-refractivity contribution in [3.63, 3.8) is 0 Å². The molecule has 14 heteroatoms. The molecule has 0 unspecified atom stereocenters. The summed E-state index contributed by atoms with van der Waals surface area (Å²) >= 11 is 0. The van der Waals surface area contributed by atoms with E-state index in [0.29, 0.717) is 49.2 Å². The minimum Gasteiger partial charge on any atom is -0.484 e. The van der Waals surface area contributed by atoms with Crippen LogP contribution in [0.15, 0.2) is 127 Å².